The largest absolute Gasteiger partial charge is 0.474 e. The third kappa shape index (κ3) is 5.91. The minimum Gasteiger partial charge on any atom is -0.474 e. The van der Waals surface area contributed by atoms with Crippen LogP contribution in [-0.2, 0) is 11.0 Å². The van der Waals surface area contributed by atoms with E-state index in [1.54, 1.807) is 13.0 Å². The zero-order valence-electron chi connectivity index (χ0n) is 16.0. The Labute approximate surface area is 175 Å². The van der Waals surface area contributed by atoms with Gasteiger partial charge in [-0.3, -0.25) is 9.59 Å². The molecule has 10 heteroatoms. The molecule has 1 N–H and O–H groups in total. The Morgan fingerprint density at radius 1 is 1.30 bits per heavy atom. The first-order valence-corrected chi connectivity index (χ1v) is 9.71. The number of anilines is 1. The van der Waals surface area contributed by atoms with Gasteiger partial charge < -0.3 is 10.1 Å². The number of alkyl halides is 3. The normalized spacial score (nSPS) is 14.8. The van der Waals surface area contributed by atoms with Crippen LogP contribution in [0.3, 0.4) is 0 Å². The number of ketones is 1. The van der Waals surface area contributed by atoms with Gasteiger partial charge in [0, 0.05) is 30.3 Å². The monoisotopic (exact) mass is 441 g/mol. The van der Waals surface area contributed by atoms with Gasteiger partial charge in [0.1, 0.15) is 10.8 Å². The number of nitrogens with one attached hydrogen (secondary N) is 1. The molecule has 0 radical (unpaired) electrons. The van der Waals surface area contributed by atoms with Crippen LogP contribution < -0.4 is 10.1 Å². The molecule has 6 nitrogen and oxygen atoms in total. The Morgan fingerprint density at radius 2 is 2.03 bits per heavy atom. The first kappa shape index (κ1) is 22.0. The van der Waals surface area contributed by atoms with Crippen molar-refractivity contribution in [1.82, 2.24) is 9.97 Å². The molecule has 3 rings (SSSR count). The van der Waals surface area contributed by atoms with Crippen molar-refractivity contribution in [3.8, 4) is 5.88 Å². The van der Waals surface area contributed by atoms with Crippen molar-refractivity contribution in [2.75, 3.05) is 5.32 Å². The molecule has 2 aromatic heterocycles. The highest BCUT2D eigenvalue weighted by molar-refractivity contribution is 6.31. The number of amides is 1. The fraction of sp³-hybridized carbons (Fsp3) is 0.400. The second kappa shape index (κ2) is 8.99. The van der Waals surface area contributed by atoms with E-state index in [9.17, 15) is 22.8 Å². The van der Waals surface area contributed by atoms with Crippen molar-refractivity contribution in [2.24, 2.45) is 5.92 Å². The molecule has 160 valence electrons. The highest BCUT2D eigenvalue weighted by Gasteiger charge is 2.32. The third-order valence-corrected chi connectivity index (χ3v) is 4.78. The molecule has 2 aromatic rings. The van der Waals surface area contributed by atoms with Crippen molar-refractivity contribution in [2.45, 2.75) is 44.9 Å². The van der Waals surface area contributed by atoms with E-state index < -0.39 is 17.8 Å². The molecule has 0 aliphatic heterocycles. The summed E-state index contributed by atoms with van der Waals surface area (Å²) in [6.45, 7) is 1.66. The van der Waals surface area contributed by atoms with Crippen LogP contribution in [0.5, 0.6) is 5.88 Å². The molecule has 1 atom stereocenters. The topological polar surface area (TPSA) is 81.2 Å². The summed E-state index contributed by atoms with van der Waals surface area (Å²) >= 11 is 5.83. The SMILES string of the molecule is C[C@H](CCC(=O)c1ccnc(NC(=O)C2CC2)c1)Oc1ncc(C(F)(F)F)cc1Cl. The predicted octanol–water partition coefficient (Wildman–Crippen LogP) is 4.93. The molecular formula is C20H19ClF3N3O3. The van der Waals surface area contributed by atoms with Gasteiger partial charge in [0.25, 0.3) is 0 Å². The standard InChI is InChI=1S/C20H19ClF3N3O3/c1-11(30-19-15(21)9-14(10-26-19)20(22,23)24)2-5-16(28)13-6-7-25-17(8-13)27-18(29)12-3-4-12/h6-12H,2-5H2,1H3,(H,25,27,29)/t11-/m1/s1. The minimum absolute atomic E-state index is 0.0230. The fourth-order valence-electron chi connectivity index (χ4n) is 2.64. The molecule has 0 aromatic carbocycles. The molecule has 1 aliphatic rings. The lowest BCUT2D eigenvalue weighted by Crippen LogP contribution is -2.16. The highest BCUT2D eigenvalue weighted by Crippen LogP contribution is 2.33. The van der Waals surface area contributed by atoms with Gasteiger partial charge >= 0.3 is 6.18 Å². The van der Waals surface area contributed by atoms with Crippen molar-refractivity contribution < 1.29 is 27.5 Å². The summed E-state index contributed by atoms with van der Waals surface area (Å²) in [5, 5.41) is 2.43. The van der Waals surface area contributed by atoms with Crippen molar-refractivity contribution in [1.29, 1.82) is 0 Å². The summed E-state index contributed by atoms with van der Waals surface area (Å²) < 4.78 is 43.5. The lowest BCUT2D eigenvalue weighted by molar-refractivity contribution is -0.137. The number of ether oxygens (including phenoxy) is 1. The van der Waals surface area contributed by atoms with Crippen LogP contribution in [0.15, 0.2) is 30.6 Å². The van der Waals surface area contributed by atoms with E-state index in [2.05, 4.69) is 15.3 Å². The Balaban J connectivity index is 1.54. The van der Waals surface area contributed by atoms with Crippen LogP contribution in [0.4, 0.5) is 19.0 Å². The van der Waals surface area contributed by atoms with Crippen molar-refractivity contribution in [3.63, 3.8) is 0 Å². The zero-order chi connectivity index (χ0) is 21.9. The second-order valence-corrected chi connectivity index (χ2v) is 7.50. The van der Waals surface area contributed by atoms with E-state index in [0.717, 1.165) is 18.9 Å². The maximum Gasteiger partial charge on any atom is 0.417 e. The molecule has 1 saturated carbocycles. The van der Waals surface area contributed by atoms with Gasteiger partial charge in [0.15, 0.2) is 5.78 Å². The van der Waals surface area contributed by atoms with Gasteiger partial charge in [-0.15, -0.1) is 0 Å². The van der Waals surface area contributed by atoms with E-state index in [1.165, 1.54) is 12.3 Å². The summed E-state index contributed by atoms with van der Waals surface area (Å²) in [7, 11) is 0. The Hall–Kier alpha value is -2.68. The number of Topliss-reactive ketones (excluding diaryl/α,β-unsaturated/α-hetero) is 1. The number of hydrogen-bond donors (Lipinski definition) is 1. The summed E-state index contributed by atoms with van der Waals surface area (Å²) in [5.74, 6) is -0.0625. The maximum absolute atomic E-state index is 12.7. The van der Waals surface area contributed by atoms with Crippen LogP contribution in [-0.4, -0.2) is 27.8 Å². The summed E-state index contributed by atoms with van der Waals surface area (Å²) in [6, 6.07) is 3.81. The van der Waals surface area contributed by atoms with Gasteiger partial charge in [-0.25, -0.2) is 9.97 Å². The molecule has 1 fully saturated rings. The van der Waals surface area contributed by atoms with Crippen LogP contribution in [0.2, 0.25) is 5.02 Å². The van der Waals surface area contributed by atoms with Crippen molar-refractivity contribution >= 4 is 29.1 Å². The zero-order valence-corrected chi connectivity index (χ0v) is 16.8. The summed E-state index contributed by atoms with van der Waals surface area (Å²) in [5.41, 5.74) is -0.570. The van der Waals surface area contributed by atoms with Crippen LogP contribution in [0, 0.1) is 5.92 Å². The molecule has 1 amide bonds. The Morgan fingerprint density at radius 3 is 2.67 bits per heavy atom. The van der Waals surface area contributed by atoms with E-state index in [-0.39, 0.29) is 34.9 Å². The number of hydrogen-bond acceptors (Lipinski definition) is 5. The fourth-order valence-corrected chi connectivity index (χ4v) is 2.85. The molecule has 0 spiro atoms. The van der Waals surface area contributed by atoms with Gasteiger partial charge in [-0.2, -0.15) is 13.2 Å². The predicted molar refractivity (Wildman–Crippen MR) is 103 cm³/mol. The molecule has 0 unspecified atom stereocenters. The van der Waals surface area contributed by atoms with Crippen LogP contribution in [0.1, 0.15) is 48.5 Å². The van der Waals surface area contributed by atoms with Gasteiger partial charge in [-0.1, -0.05) is 11.6 Å². The average molecular weight is 442 g/mol. The number of halogens is 4. The lowest BCUT2D eigenvalue weighted by atomic mass is 10.1. The smallest absolute Gasteiger partial charge is 0.417 e. The molecule has 0 saturated heterocycles. The maximum atomic E-state index is 12.7. The van der Waals surface area contributed by atoms with Crippen LogP contribution >= 0.6 is 11.6 Å². The number of carbonyl (C=O) groups excluding carboxylic acids is 2. The summed E-state index contributed by atoms with van der Waals surface area (Å²) in [6.07, 6.45) is -0.820. The van der Waals surface area contributed by atoms with Gasteiger partial charge in [0.05, 0.1) is 11.7 Å². The molecule has 2 heterocycles. The Kier molecular flexibility index (Phi) is 6.60. The lowest BCUT2D eigenvalue weighted by Gasteiger charge is -2.15. The van der Waals surface area contributed by atoms with Gasteiger partial charge in [-0.05, 0) is 44.4 Å². The number of aromatic nitrogens is 2. The molecular weight excluding hydrogens is 423 g/mol. The van der Waals surface area contributed by atoms with Gasteiger partial charge in [0.2, 0.25) is 11.8 Å². The minimum atomic E-state index is -4.55. The number of rotatable bonds is 8. The Bertz CT molecular complexity index is 948. The molecule has 30 heavy (non-hydrogen) atoms. The van der Waals surface area contributed by atoms with Crippen LogP contribution in [0.25, 0.3) is 0 Å². The molecule has 0 bridgehead atoms. The highest BCUT2D eigenvalue weighted by atomic mass is 35.5. The van der Waals surface area contributed by atoms with E-state index in [4.69, 9.17) is 16.3 Å². The molecule has 1 aliphatic carbocycles. The first-order chi connectivity index (χ1) is 14.1. The van der Waals surface area contributed by atoms with Crippen molar-refractivity contribution in [3.05, 3.63) is 46.7 Å². The third-order valence-electron chi connectivity index (χ3n) is 4.51. The van der Waals surface area contributed by atoms with E-state index in [1.807, 2.05) is 0 Å². The summed E-state index contributed by atoms with van der Waals surface area (Å²) in [4.78, 5) is 31.9. The van der Waals surface area contributed by atoms with E-state index >= 15 is 0 Å². The first-order valence-electron chi connectivity index (χ1n) is 9.33. The quantitative estimate of drug-likeness (QED) is 0.587. The number of carbonyl (C=O) groups is 2. The number of pyridine rings is 2. The second-order valence-electron chi connectivity index (χ2n) is 7.09. The van der Waals surface area contributed by atoms with E-state index in [0.29, 0.717) is 24.0 Å². The average Bonchev–Trinajstić information content (AvgIpc) is 3.52. The number of nitrogens with zero attached hydrogens (tertiary/aromatic N) is 2.